The summed E-state index contributed by atoms with van der Waals surface area (Å²) in [4.78, 5) is 0. The Kier molecular flexibility index (Phi) is 3.05. The summed E-state index contributed by atoms with van der Waals surface area (Å²) < 4.78 is 2.77. The Morgan fingerprint density at radius 2 is 1.00 bits per heavy atom. The van der Waals surface area contributed by atoms with Gasteiger partial charge in [0.05, 0.1) is 5.41 Å². The van der Waals surface area contributed by atoms with Crippen molar-refractivity contribution in [2.45, 2.75) is 5.41 Å². The van der Waals surface area contributed by atoms with E-state index >= 15 is 0 Å². The fraction of sp³-hybridized carbons (Fsp3) is 0.0323. The zero-order chi connectivity index (χ0) is 20.9. The van der Waals surface area contributed by atoms with Gasteiger partial charge in [0.25, 0.3) is 0 Å². The molecule has 0 saturated heterocycles. The molecule has 1 heteroatoms. The van der Waals surface area contributed by atoms with E-state index in [1.165, 1.54) is 64.7 Å². The zero-order valence-corrected chi connectivity index (χ0v) is 18.1. The van der Waals surface area contributed by atoms with E-state index in [0.717, 1.165) is 0 Å². The molecule has 6 aromatic rings. The lowest BCUT2D eigenvalue weighted by molar-refractivity contribution is 0.794. The topological polar surface area (TPSA) is 0 Å². The molecule has 1 aromatic heterocycles. The number of fused-ring (bicyclic) bond motifs is 14. The van der Waals surface area contributed by atoms with Crippen molar-refractivity contribution < 1.29 is 0 Å². The lowest BCUT2D eigenvalue weighted by Gasteiger charge is -2.30. The molecule has 2 aliphatic carbocycles. The maximum Gasteiger partial charge on any atom is 0.0726 e. The third kappa shape index (κ3) is 1.78. The van der Waals surface area contributed by atoms with Gasteiger partial charge in [0, 0.05) is 25.7 Å². The second-order valence-corrected chi connectivity index (χ2v) is 9.90. The Hall–Kier alpha value is -3.68. The first kappa shape index (κ1) is 16.9. The highest BCUT2D eigenvalue weighted by Gasteiger charge is 2.51. The molecule has 0 bridgehead atoms. The molecular formula is C31H18S. The molecule has 0 nitrogen and oxygen atoms in total. The summed E-state index contributed by atoms with van der Waals surface area (Å²) in [5, 5.41) is 2.73. The van der Waals surface area contributed by atoms with E-state index in [1.54, 1.807) is 0 Å². The predicted octanol–water partition coefficient (Wildman–Crippen LogP) is 8.40. The van der Waals surface area contributed by atoms with Crippen molar-refractivity contribution in [3.8, 4) is 22.3 Å². The maximum atomic E-state index is 2.41. The molecule has 0 radical (unpaired) electrons. The van der Waals surface area contributed by atoms with E-state index in [0.29, 0.717) is 0 Å². The molecule has 0 N–H and O–H groups in total. The molecule has 0 aliphatic heterocycles. The number of thiophene rings is 1. The highest BCUT2D eigenvalue weighted by molar-refractivity contribution is 7.26. The van der Waals surface area contributed by atoms with Crippen LogP contribution in [0.5, 0.6) is 0 Å². The van der Waals surface area contributed by atoms with Gasteiger partial charge in [-0.3, -0.25) is 0 Å². The molecule has 0 saturated carbocycles. The fourth-order valence-electron chi connectivity index (χ4n) is 6.36. The van der Waals surface area contributed by atoms with Crippen LogP contribution in [0.1, 0.15) is 22.3 Å². The highest BCUT2D eigenvalue weighted by atomic mass is 32.1. The van der Waals surface area contributed by atoms with Crippen molar-refractivity contribution in [3.63, 3.8) is 0 Å². The molecule has 1 spiro atoms. The van der Waals surface area contributed by atoms with Crippen molar-refractivity contribution in [3.05, 3.63) is 131 Å². The van der Waals surface area contributed by atoms with Crippen molar-refractivity contribution in [1.82, 2.24) is 0 Å². The van der Waals surface area contributed by atoms with Gasteiger partial charge >= 0.3 is 0 Å². The number of rotatable bonds is 0. The smallest absolute Gasteiger partial charge is 0.0726 e. The summed E-state index contributed by atoms with van der Waals surface area (Å²) in [6, 6.07) is 40.7. The standard InChI is InChI=1S/C31H18S/c1-5-13-24-19(9-1)20-10-2-6-14-25(20)31(24)26-15-7-3-12-23(26)29-27(31)18-17-22-21-11-4-8-16-28(21)32-30(22)29/h1-18H. The van der Waals surface area contributed by atoms with Gasteiger partial charge in [0.15, 0.2) is 0 Å². The molecule has 148 valence electrons. The quantitative estimate of drug-likeness (QED) is 0.230. The van der Waals surface area contributed by atoms with Crippen LogP contribution in [-0.4, -0.2) is 0 Å². The van der Waals surface area contributed by atoms with E-state index in [9.17, 15) is 0 Å². The average Bonchev–Trinajstić information content (AvgIpc) is 3.48. The van der Waals surface area contributed by atoms with Crippen LogP contribution >= 0.6 is 11.3 Å². The summed E-state index contributed by atoms with van der Waals surface area (Å²) >= 11 is 1.94. The normalized spacial score (nSPS) is 14.5. The van der Waals surface area contributed by atoms with E-state index in [2.05, 4.69) is 109 Å². The largest absolute Gasteiger partial charge is 0.135 e. The van der Waals surface area contributed by atoms with Crippen LogP contribution in [0.2, 0.25) is 0 Å². The van der Waals surface area contributed by atoms with Gasteiger partial charge in [-0.15, -0.1) is 11.3 Å². The summed E-state index contributed by atoms with van der Waals surface area (Å²) in [6.07, 6.45) is 0. The van der Waals surface area contributed by atoms with Crippen molar-refractivity contribution in [2.75, 3.05) is 0 Å². The molecule has 32 heavy (non-hydrogen) atoms. The maximum absolute atomic E-state index is 2.41. The third-order valence-electron chi connectivity index (χ3n) is 7.50. The Morgan fingerprint density at radius 3 is 1.72 bits per heavy atom. The summed E-state index contributed by atoms with van der Waals surface area (Å²) in [7, 11) is 0. The molecule has 2 aliphatic rings. The molecule has 8 rings (SSSR count). The Bertz CT molecular complexity index is 1690. The first-order valence-corrected chi connectivity index (χ1v) is 11.9. The van der Waals surface area contributed by atoms with Crippen molar-refractivity contribution in [2.24, 2.45) is 0 Å². The van der Waals surface area contributed by atoms with Gasteiger partial charge in [-0.05, 0) is 45.0 Å². The summed E-state index contributed by atoms with van der Waals surface area (Å²) in [6.45, 7) is 0. The molecule has 0 amide bonds. The van der Waals surface area contributed by atoms with Crippen LogP contribution in [0.4, 0.5) is 0 Å². The lowest BCUT2D eigenvalue weighted by Crippen LogP contribution is -2.25. The average molecular weight is 423 g/mol. The number of hydrogen-bond acceptors (Lipinski definition) is 1. The Morgan fingerprint density at radius 1 is 0.438 bits per heavy atom. The molecule has 1 heterocycles. The first-order valence-electron chi connectivity index (χ1n) is 11.1. The second-order valence-electron chi connectivity index (χ2n) is 8.85. The van der Waals surface area contributed by atoms with E-state index < -0.39 is 0 Å². The van der Waals surface area contributed by atoms with Crippen LogP contribution in [0, 0.1) is 0 Å². The third-order valence-corrected chi connectivity index (χ3v) is 8.71. The minimum absolute atomic E-state index is 0.247. The lowest BCUT2D eigenvalue weighted by atomic mass is 9.70. The first-order chi connectivity index (χ1) is 15.9. The van der Waals surface area contributed by atoms with Crippen LogP contribution in [0.25, 0.3) is 42.4 Å². The van der Waals surface area contributed by atoms with Crippen LogP contribution in [-0.2, 0) is 5.41 Å². The predicted molar refractivity (Wildman–Crippen MR) is 136 cm³/mol. The van der Waals surface area contributed by atoms with Gasteiger partial charge in [0.2, 0.25) is 0 Å². The van der Waals surface area contributed by atoms with Crippen molar-refractivity contribution >= 4 is 31.5 Å². The molecule has 0 unspecified atom stereocenters. The van der Waals surface area contributed by atoms with E-state index in [1.807, 2.05) is 11.3 Å². The minimum Gasteiger partial charge on any atom is -0.135 e. The molecule has 5 aromatic carbocycles. The van der Waals surface area contributed by atoms with Crippen molar-refractivity contribution in [1.29, 1.82) is 0 Å². The molecular weight excluding hydrogens is 404 g/mol. The highest BCUT2D eigenvalue weighted by Crippen LogP contribution is 2.64. The zero-order valence-electron chi connectivity index (χ0n) is 17.3. The van der Waals surface area contributed by atoms with Gasteiger partial charge in [-0.25, -0.2) is 0 Å². The summed E-state index contributed by atoms with van der Waals surface area (Å²) in [5.41, 5.74) is 10.9. The monoisotopic (exact) mass is 422 g/mol. The van der Waals surface area contributed by atoms with Gasteiger partial charge in [0.1, 0.15) is 0 Å². The Balaban J connectivity index is 1.62. The van der Waals surface area contributed by atoms with E-state index in [-0.39, 0.29) is 5.41 Å². The molecule has 0 fully saturated rings. The van der Waals surface area contributed by atoms with Crippen LogP contribution in [0.15, 0.2) is 109 Å². The van der Waals surface area contributed by atoms with Crippen LogP contribution < -0.4 is 0 Å². The van der Waals surface area contributed by atoms with Crippen LogP contribution in [0.3, 0.4) is 0 Å². The molecule has 0 atom stereocenters. The fourth-order valence-corrected chi connectivity index (χ4v) is 7.62. The summed E-state index contributed by atoms with van der Waals surface area (Å²) in [5.74, 6) is 0. The SMILES string of the molecule is c1ccc2c(c1)-c1ccccc1C21c2ccccc2-c2c1ccc1c2sc2ccccc21. The van der Waals surface area contributed by atoms with Gasteiger partial charge in [-0.1, -0.05) is 103 Å². The minimum atomic E-state index is -0.247. The van der Waals surface area contributed by atoms with E-state index in [4.69, 9.17) is 0 Å². The van der Waals surface area contributed by atoms with Gasteiger partial charge < -0.3 is 0 Å². The van der Waals surface area contributed by atoms with Gasteiger partial charge in [-0.2, -0.15) is 0 Å². The second kappa shape index (κ2) is 5.76. The number of benzene rings is 5. The Labute approximate surface area is 190 Å². The number of hydrogen-bond donors (Lipinski definition) is 0.